The highest BCUT2D eigenvalue weighted by Gasteiger charge is 2.33. The van der Waals surface area contributed by atoms with E-state index in [0.29, 0.717) is 22.7 Å². The van der Waals surface area contributed by atoms with Gasteiger partial charge in [0.05, 0.1) is 23.4 Å². The summed E-state index contributed by atoms with van der Waals surface area (Å²) in [6, 6.07) is 10.9. The molecular formula is C25H16F5N3O. The van der Waals surface area contributed by atoms with Gasteiger partial charge in [-0.3, -0.25) is 0 Å². The highest BCUT2D eigenvalue weighted by molar-refractivity contribution is 5.77. The molecule has 2 aromatic carbocycles. The van der Waals surface area contributed by atoms with E-state index < -0.39 is 23.4 Å². The molecule has 3 aliphatic rings. The van der Waals surface area contributed by atoms with E-state index in [4.69, 9.17) is 4.74 Å². The van der Waals surface area contributed by atoms with Gasteiger partial charge in [0, 0.05) is 12.4 Å². The van der Waals surface area contributed by atoms with E-state index in [2.05, 4.69) is 9.97 Å². The topological polar surface area (TPSA) is 39.9 Å². The zero-order valence-electron chi connectivity index (χ0n) is 17.5. The van der Waals surface area contributed by atoms with Crippen LogP contribution in [0.4, 0.5) is 22.0 Å². The van der Waals surface area contributed by atoms with Gasteiger partial charge in [-0.1, -0.05) is 24.3 Å². The van der Waals surface area contributed by atoms with Crippen LogP contribution in [0.15, 0.2) is 78.8 Å². The standard InChI is InChI=1S/C25H16F5N3O/c26-20-7-3-5-18(23(20)27)24-31-21-8-10-33(14-22(21)32-24)13-16-12-15(9-11-34-16)17-4-1-2-6-19(17)25(28,29)30/h1-10,12,14H,11,13H2. The Balaban J connectivity index is 1.43. The molecule has 0 saturated heterocycles. The molecule has 2 aromatic rings. The molecule has 0 amide bonds. The Kier molecular flexibility index (Phi) is 5.39. The molecule has 0 fully saturated rings. The van der Waals surface area contributed by atoms with Gasteiger partial charge in [0.1, 0.15) is 18.1 Å². The summed E-state index contributed by atoms with van der Waals surface area (Å²) in [5, 5.41) is 0. The lowest BCUT2D eigenvalue weighted by molar-refractivity contribution is -0.137. The van der Waals surface area contributed by atoms with Crippen LogP contribution in [0.25, 0.3) is 28.3 Å². The average molecular weight is 469 g/mol. The Hall–Kier alpha value is -4.01. The Labute approximate surface area is 191 Å². The molecule has 9 heteroatoms. The molecule has 0 atom stereocenters. The first kappa shape index (κ1) is 21.8. The third-order valence-corrected chi connectivity index (χ3v) is 5.39. The summed E-state index contributed by atoms with van der Waals surface area (Å²) in [4.78, 5) is 8.57. The SMILES string of the molecule is Fc1cccc(-c2nc3ccn(CC4=CC(c5ccccc5C(F)(F)F)=CCO4)cc-3n2)c1F. The fourth-order valence-electron chi connectivity index (χ4n) is 3.80. The molecule has 0 aliphatic carbocycles. The van der Waals surface area contributed by atoms with E-state index in [1.54, 1.807) is 41.2 Å². The van der Waals surface area contributed by atoms with Gasteiger partial charge >= 0.3 is 6.18 Å². The fraction of sp³-hybridized carbons (Fsp3) is 0.120. The molecule has 0 saturated carbocycles. The van der Waals surface area contributed by atoms with E-state index in [0.717, 1.165) is 12.1 Å². The van der Waals surface area contributed by atoms with Gasteiger partial charge in [-0.2, -0.15) is 13.2 Å². The summed E-state index contributed by atoms with van der Waals surface area (Å²) >= 11 is 0. The molecule has 0 aromatic heterocycles. The van der Waals surface area contributed by atoms with Crippen LogP contribution in [-0.4, -0.2) is 21.1 Å². The molecule has 172 valence electrons. The fourth-order valence-corrected chi connectivity index (χ4v) is 3.80. The predicted molar refractivity (Wildman–Crippen MR) is 115 cm³/mol. The number of ether oxygens (including phenoxy) is 1. The van der Waals surface area contributed by atoms with E-state index in [-0.39, 0.29) is 30.1 Å². The maximum atomic E-state index is 14.1. The number of fused-ring (bicyclic) bond motifs is 1. The summed E-state index contributed by atoms with van der Waals surface area (Å²) in [5.74, 6) is -1.48. The van der Waals surface area contributed by atoms with Crippen molar-refractivity contribution in [3.63, 3.8) is 0 Å². The van der Waals surface area contributed by atoms with Crippen molar-refractivity contribution in [2.45, 2.75) is 12.7 Å². The second-order valence-corrected chi connectivity index (χ2v) is 7.66. The van der Waals surface area contributed by atoms with Crippen LogP contribution in [0.3, 0.4) is 0 Å². The van der Waals surface area contributed by atoms with Crippen molar-refractivity contribution in [3.05, 3.63) is 102 Å². The minimum atomic E-state index is -4.47. The largest absolute Gasteiger partial charge is 0.492 e. The quantitative estimate of drug-likeness (QED) is 0.327. The number of imidazole rings is 1. The van der Waals surface area contributed by atoms with Gasteiger partial charge in [0.2, 0.25) is 0 Å². The number of rotatable bonds is 4. The van der Waals surface area contributed by atoms with Crippen LogP contribution in [0, 0.1) is 11.6 Å². The maximum Gasteiger partial charge on any atom is 0.417 e. The summed E-state index contributed by atoms with van der Waals surface area (Å²) in [6.07, 6.45) is 2.07. The number of hydrogen-bond acceptors (Lipinski definition) is 3. The van der Waals surface area contributed by atoms with Gasteiger partial charge in [0.15, 0.2) is 17.5 Å². The van der Waals surface area contributed by atoms with Crippen molar-refractivity contribution >= 4 is 5.57 Å². The highest BCUT2D eigenvalue weighted by atomic mass is 19.4. The molecule has 0 unspecified atom stereocenters. The molecular weight excluding hydrogens is 453 g/mol. The van der Waals surface area contributed by atoms with Crippen LogP contribution in [0.5, 0.6) is 0 Å². The zero-order valence-corrected chi connectivity index (χ0v) is 17.5. The minimum absolute atomic E-state index is 0.0424. The summed E-state index contributed by atoms with van der Waals surface area (Å²) in [5.41, 5.74) is 0.702. The second kappa shape index (κ2) is 8.40. The van der Waals surface area contributed by atoms with E-state index in [1.165, 1.54) is 24.3 Å². The first-order chi connectivity index (χ1) is 16.3. The van der Waals surface area contributed by atoms with Crippen molar-refractivity contribution in [2.75, 3.05) is 6.61 Å². The van der Waals surface area contributed by atoms with Crippen LogP contribution in [-0.2, 0) is 17.5 Å². The van der Waals surface area contributed by atoms with Crippen molar-refractivity contribution in [1.82, 2.24) is 14.5 Å². The first-order valence-electron chi connectivity index (χ1n) is 10.3. The maximum absolute atomic E-state index is 14.1. The van der Waals surface area contributed by atoms with Crippen LogP contribution < -0.4 is 0 Å². The summed E-state index contributed by atoms with van der Waals surface area (Å²) in [7, 11) is 0. The smallest absolute Gasteiger partial charge is 0.417 e. The van der Waals surface area contributed by atoms with Gasteiger partial charge < -0.3 is 9.30 Å². The first-order valence-corrected chi connectivity index (χ1v) is 10.3. The Morgan fingerprint density at radius 1 is 0.912 bits per heavy atom. The van der Waals surface area contributed by atoms with E-state index in [9.17, 15) is 22.0 Å². The lowest BCUT2D eigenvalue weighted by atomic mass is 9.97. The number of pyridine rings is 1. The molecule has 5 rings (SSSR count). The Morgan fingerprint density at radius 2 is 1.68 bits per heavy atom. The van der Waals surface area contributed by atoms with Gasteiger partial charge in [-0.05, 0) is 47.6 Å². The Bertz CT molecular complexity index is 1400. The van der Waals surface area contributed by atoms with Crippen molar-refractivity contribution < 1.29 is 26.7 Å². The van der Waals surface area contributed by atoms with Crippen LogP contribution >= 0.6 is 0 Å². The highest BCUT2D eigenvalue weighted by Crippen LogP contribution is 2.36. The van der Waals surface area contributed by atoms with E-state index >= 15 is 0 Å². The van der Waals surface area contributed by atoms with Crippen LogP contribution in [0.1, 0.15) is 11.1 Å². The normalized spacial score (nSPS) is 14.0. The predicted octanol–water partition coefficient (Wildman–Crippen LogP) is 6.34. The third-order valence-electron chi connectivity index (χ3n) is 5.39. The molecule has 34 heavy (non-hydrogen) atoms. The summed E-state index contributed by atoms with van der Waals surface area (Å²) < 4.78 is 75.3. The van der Waals surface area contributed by atoms with Gasteiger partial charge in [-0.15, -0.1) is 0 Å². The molecule has 0 radical (unpaired) electrons. The van der Waals surface area contributed by atoms with Crippen LogP contribution in [0.2, 0.25) is 0 Å². The number of alkyl halides is 3. The number of nitrogens with zero attached hydrogens (tertiary/aromatic N) is 3. The molecule has 4 nitrogen and oxygen atoms in total. The second-order valence-electron chi connectivity index (χ2n) is 7.66. The molecule has 0 bridgehead atoms. The number of aromatic nitrogens is 3. The van der Waals surface area contributed by atoms with Gasteiger partial charge in [-0.25, -0.2) is 18.7 Å². The number of allylic oxidation sites excluding steroid dienone is 3. The molecule has 0 N–H and O–H groups in total. The monoisotopic (exact) mass is 469 g/mol. The van der Waals surface area contributed by atoms with Crippen molar-refractivity contribution in [2.24, 2.45) is 0 Å². The lowest BCUT2D eigenvalue weighted by Gasteiger charge is -2.19. The zero-order chi connectivity index (χ0) is 23.9. The number of benzene rings is 2. The summed E-state index contributed by atoms with van der Waals surface area (Å²) in [6.45, 7) is 0.368. The third kappa shape index (κ3) is 4.16. The lowest BCUT2D eigenvalue weighted by Crippen LogP contribution is -2.11. The van der Waals surface area contributed by atoms with E-state index in [1.807, 2.05) is 0 Å². The Morgan fingerprint density at radius 3 is 2.50 bits per heavy atom. The average Bonchev–Trinajstić information content (AvgIpc) is 3.24. The minimum Gasteiger partial charge on any atom is -0.492 e. The molecule has 3 aliphatic heterocycles. The molecule has 0 spiro atoms. The number of halogens is 5. The van der Waals surface area contributed by atoms with Crippen molar-refractivity contribution in [3.8, 4) is 22.8 Å². The molecule has 3 heterocycles. The number of hydrogen-bond donors (Lipinski definition) is 0. The van der Waals surface area contributed by atoms with Gasteiger partial charge in [0.25, 0.3) is 0 Å². The van der Waals surface area contributed by atoms with Crippen molar-refractivity contribution in [1.29, 1.82) is 0 Å².